The fourth-order valence-corrected chi connectivity index (χ4v) is 4.42. The Kier molecular flexibility index (Phi) is 3.91. The molecule has 1 aliphatic rings. The fourth-order valence-electron chi connectivity index (χ4n) is 2.13. The molecule has 102 valence electrons. The van der Waals surface area contributed by atoms with Gasteiger partial charge >= 0.3 is 0 Å². The highest BCUT2D eigenvalue weighted by Gasteiger charge is 2.20. The molecule has 0 saturated carbocycles. The Balaban J connectivity index is 1.84. The van der Waals surface area contributed by atoms with E-state index in [0.29, 0.717) is 18.1 Å². The molecule has 0 spiro atoms. The number of hydrogen-bond donors (Lipinski definition) is 1. The number of aromatic nitrogens is 2. The molecule has 0 radical (unpaired) electrons. The molecule has 0 fully saturated rings. The highest BCUT2D eigenvalue weighted by atomic mass is 32.2. The van der Waals surface area contributed by atoms with E-state index in [1.807, 2.05) is 18.7 Å². The minimum absolute atomic E-state index is 0.401. The van der Waals surface area contributed by atoms with Crippen molar-refractivity contribution in [1.29, 1.82) is 0 Å². The minimum atomic E-state index is -0.618. The van der Waals surface area contributed by atoms with Crippen molar-refractivity contribution in [3.8, 4) is 10.8 Å². The van der Waals surface area contributed by atoms with Gasteiger partial charge in [0.25, 0.3) is 5.89 Å². The zero-order valence-corrected chi connectivity index (χ0v) is 12.4. The summed E-state index contributed by atoms with van der Waals surface area (Å²) in [7, 11) is 0. The molecule has 1 atom stereocenters. The molecule has 2 aromatic rings. The van der Waals surface area contributed by atoms with Crippen molar-refractivity contribution in [3.63, 3.8) is 0 Å². The van der Waals surface area contributed by atoms with E-state index < -0.39 is 6.10 Å². The predicted molar refractivity (Wildman–Crippen MR) is 77.3 cm³/mol. The lowest BCUT2D eigenvalue weighted by atomic mass is 10.2. The number of thioether (sulfide) groups is 1. The Morgan fingerprint density at radius 2 is 2.42 bits per heavy atom. The normalized spacial score (nSPS) is 16.3. The van der Waals surface area contributed by atoms with Crippen molar-refractivity contribution in [2.45, 2.75) is 38.0 Å². The van der Waals surface area contributed by atoms with Crippen LogP contribution in [0.15, 0.2) is 10.6 Å². The quantitative estimate of drug-likeness (QED) is 0.936. The molecule has 6 heteroatoms. The maximum atomic E-state index is 9.86. The van der Waals surface area contributed by atoms with Crippen molar-refractivity contribution in [2.75, 3.05) is 5.75 Å². The first kappa shape index (κ1) is 13.1. The SMILES string of the molecule is CCCC(O)c1noc(-c2cc3c(s2)CCSC3)n1. The lowest BCUT2D eigenvalue weighted by Crippen LogP contribution is -1.98. The third-order valence-corrected chi connectivity index (χ3v) is 5.37. The lowest BCUT2D eigenvalue weighted by Gasteiger charge is -2.08. The molecular weight excluding hydrogens is 280 g/mol. The first-order valence-corrected chi connectivity index (χ1v) is 8.46. The molecule has 4 nitrogen and oxygen atoms in total. The van der Waals surface area contributed by atoms with E-state index >= 15 is 0 Å². The second-order valence-electron chi connectivity index (χ2n) is 4.62. The van der Waals surface area contributed by atoms with Crippen molar-refractivity contribution in [3.05, 3.63) is 22.3 Å². The molecule has 19 heavy (non-hydrogen) atoms. The van der Waals surface area contributed by atoms with Crippen LogP contribution in [-0.4, -0.2) is 21.0 Å². The zero-order valence-electron chi connectivity index (χ0n) is 10.8. The van der Waals surface area contributed by atoms with Crippen LogP contribution >= 0.6 is 23.1 Å². The Hall–Kier alpha value is -0.850. The highest BCUT2D eigenvalue weighted by molar-refractivity contribution is 7.98. The molecule has 0 aliphatic carbocycles. The lowest BCUT2D eigenvalue weighted by molar-refractivity contribution is 0.153. The second-order valence-corrected chi connectivity index (χ2v) is 6.87. The standard InChI is InChI=1S/C13H16N2O2S2/c1-2-3-9(16)12-14-13(17-15-12)11-6-8-7-18-5-4-10(8)19-11/h6,9,16H,2-5,7H2,1H3. The number of rotatable bonds is 4. The smallest absolute Gasteiger partial charge is 0.268 e. The van der Waals surface area contributed by atoms with Crippen LogP contribution in [0.25, 0.3) is 10.8 Å². The zero-order chi connectivity index (χ0) is 13.2. The van der Waals surface area contributed by atoms with E-state index in [1.165, 1.54) is 16.2 Å². The highest BCUT2D eigenvalue weighted by Crippen LogP contribution is 2.36. The summed E-state index contributed by atoms with van der Waals surface area (Å²) in [5.74, 6) is 3.20. The van der Waals surface area contributed by atoms with Crippen molar-refractivity contribution in [1.82, 2.24) is 10.1 Å². The van der Waals surface area contributed by atoms with Gasteiger partial charge in [-0.2, -0.15) is 16.7 Å². The maximum absolute atomic E-state index is 9.86. The molecule has 0 bridgehead atoms. The predicted octanol–water partition coefficient (Wildman–Crippen LogP) is 3.42. The number of hydrogen-bond acceptors (Lipinski definition) is 6. The molecule has 2 aromatic heterocycles. The van der Waals surface area contributed by atoms with Gasteiger partial charge in [-0.25, -0.2) is 0 Å². The van der Waals surface area contributed by atoms with E-state index in [4.69, 9.17) is 4.52 Å². The average molecular weight is 296 g/mol. The summed E-state index contributed by atoms with van der Waals surface area (Å²) in [5.41, 5.74) is 1.39. The number of fused-ring (bicyclic) bond motifs is 1. The van der Waals surface area contributed by atoms with E-state index in [1.54, 1.807) is 11.3 Å². The van der Waals surface area contributed by atoms with Crippen LogP contribution in [0.2, 0.25) is 0 Å². The van der Waals surface area contributed by atoms with Gasteiger partial charge in [0.15, 0.2) is 0 Å². The molecule has 1 N–H and O–H groups in total. The van der Waals surface area contributed by atoms with Gasteiger partial charge in [0.1, 0.15) is 6.10 Å². The summed E-state index contributed by atoms with van der Waals surface area (Å²) in [5, 5.41) is 13.7. The first-order chi connectivity index (χ1) is 9.28. The molecule has 0 saturated heterocycles. The maximum Gasteiger partial charge on any atom is 0.268 e. The van der Waals surface area contributed by atoms with Crippen LogP contribution in [-0.2, 0) is 12.2 Å². The van der Waals surface area contributed by atoms with Crippen molar-refractivity contribution in [2.24, 2.45) is 0 Å². The van der Waals surface area contributed by atoms with Gasteiger partial charge in [-0.1, -0.05) is 18.5 Å². The summed E-state index contributed by atoms with van der Waals surface area (Å²) in [6.07, 6.45) is 2.07. The number of aliphatic hydroxyl groups excluding tert-OH is 1. The Morgan fingerprint density at radius 3 is 3.21 bits per heavy atom. The largest absolute Gasteiger partial charge is 0.385 e. The van der Waals surface area contributed by atoms with E-state index in [9.17, 15) is 5.11 Å². The molecule has 1 unspecified atom stereocenters. The van der Waals surface area contributed by atoms with Gasteiger partial charge in [0.05, 0.1) is 4.88 Å². The minimum Gasteiger partial charge on any atom is -0.385 e. The number of aryl methyl sites for hydroxylation is 1. The van der Waals surface area contributed by atoms with Crippen LogP contribution < -0.4 is 0 Å². The molecule has 1 aliphatic heterocycles. The third kappa shape index (κ3) is 2.70. The summed E-state index contributed by atoms with van der Waals surface area (Å²) >= 11 is 3.70. The number of nitrogens with zero attached hydrogens (tertiary/aromatic N) is 2. The molecule has 0 amide bonds. The number of aliphatic hydroxyl groups is 1. The summed E-state index contributed by atoms with van der Waals surface area (Å²) in [6.45, 7) is 2.02. The third-order valence-electron chi connectivity index (χ3n) is 3.14. The van der Waals surface area contributed by atoms with Gasteiger partial charge < -0.3 is 9.63 Å². The summed E-state index contributed by atoms with van der Waals surface area (Å²) < 4.78 is 5.28. The van der Waals surface area contributed by atoms with Gasteiger partial charge in [-0.3, -0.25) is 0 Å². The second kappa shape index (κ2) is 5.64. The molecule has 3 heterocycles. The Labute approximate surface area is 120 Å². The monoisotopic (exact) mass is 296 g/mol. The fraction of sp³-hybridized carbons (Fsp3) is 0.538. The molecule has 0 aromatic carbocycles. The molecule has 3 rings (SSSR count). The van der Waals surface area contributed by atoms with E-state index in [2.05, 4.69) is 16.2 Å². The van der Waals surface area contributed by atoms with Crippen molar-refractivity contribution >= 4 is 23.1 Å². The van der Waals surface area contributed by atoms with Crippen LogP contribution in [0.5, 0.6) is 0 Å². The van der Waals surface area contributed by atoms with Crippen LogP contribution in [0.1, 0.15) is 42.1 Å². The van der Waals surface area contributed by atoms with Gasteiger partial charge in [0.2, 0.25) is 5.82 Å². The van der Waals surface area contributed by atoms with E-state index in [-0.39, 0.29) is 0 Å². The van der Waals surface area contributed by atoms with Crippen molar-refractivity contribution < 1.29 is 9.63 Å². The van der Waals surface area contributed by atoms with Gasteiger partial charge in [-0.05, 0) is 30.2 Å². The molecular formula is C13H16N2O2S2. The van der Waals surface area contributed by atoms with Crippen LogP contribution in [0.4, 0.5) is 0 Å². The van der Waals surface area contributed by atoms with Crippen LogP contribution in [0.3, 0.4) is 0 Å². The average Bonchev–Trinajstić information content (AvgIpc) is 3.05. The Bertz CT molecular complexity index is 541. The summed E-state index contributed by atoms with van der Waals surface area (Å²) in [6, 6.07) is 2.15. The topological polar surface area (TPSA) is 59.2 Å². The first-order valence-electron chi connectivity index (χ1n) is 6.49. The van der Waals surface area contributed by atoms with Gasteiger partial charge in [0, 0.05) is 10.6 Å². The van der Waals surface area contributed by atoms with Crippen LogP contribution in [0, 0.1) is 0 Å². The van der Waals surface area contributed by atoms with Gasteiger partial charge in [-0.15, -0.1) is 11.3 Å². The Morgan fingerprint density at radius 1 is 1.53 bits per heavy atom. The number of thiophene rings is 1. The van der Waals surface area contributed by atoms with E-state index in [0.717, 1.165) is 23.5 Å². The summed E-state index contributed by atoms with van der Waals surface area (Å²) in [4.78, 5) is 6.77.